The van der Waals surface area contributed by atoms with Gasteiger partial charge in [0.15, 0.2) is 11.5 Å². The molecule has 0 aliphatic rings. The number of fused-ring (bicyclic) bond motifs is 2. The van der Waals surface area contributed by atoms with Crippen molar-refractivity contribution in [3.05, 3.63) is 64.2 Å². The lowest BCUT2D eigenvalue weighted by Crippen LogP contribution is -2.25. The third kappa shape index (κ3) is 3.61. The SMILES string of the molecule is CCn1nc(CC(=O)Nc2ccc3nccn3n2)c(=O)c2ccc(C(F)(F)F)cc21. The van der Waals surface area contributed by atoms with Crippen LogP contribution in [0.5, 0.6) is 0 Å². The van der Waals surface area contributed by atoms with Gasteiger partial charge in [0, 0.05) is 24.3 Å². The molecule has 154 valence electrons. The molecule has 0 aliphatic carbocycles. The van der Waals surface area contributed by atoms with Crippen molar-refractivity contribution in [3.8, 4) is 0 Å². The van der Waals surface area contributed by atoms with Crippen LogP contribution < -0.4 is 10.7 Å². The molecule has 3 aromatic heterocycles. The summed E-state index contributed by atoms with van der Waals surface area (Å²) in [5.41, 5.74) is -0.853. The highest BCUT2D eigenvalue weighted by molar-refractivity contribution is 5.91. The highest BCUT2D eigenvalue weighted by Crippen LogP contribution is 2.30. The lowest BCUT2D eigenvalue weighted by molar-refractivity contribution is -0.137. The molecule has 1 N–H and O–H groups in total. The van der Waals surface area contributed by atoms with Crippen molar-refractivity contribution in [3.63, 3.8) is 0 Å². The first-order chi connectivity index (χ1) is 14.3. The van der Waals surface area contributed by atoms with E-state index in [-0.39, 0.29) is 35.4 Å². The van der Waals surface area contributed by atoms with E-state index in [9.17, 15) is 22.8 Å². The van der Waals surface area contributed by atoms with Crippen LogP contribution in [0.2, 0.25) is 0 Å². The maximum atomic E-state index is 13.0. The molecule has 0 radical (unpaired) electrons. The second-order valence-electron chi connectivity index (χ2n) is 6.49. The van der Waals surface area contributed by atoms with E-state index in [0.29, 0.717) is 5.65 Å². The molecule has 1 amide bonds. The van der Waals surface area contributed by atoms with E-state index in [1.54, 1.807) is 31.5 Å². The number of carbonyl (C=O) groups excluding carboxylic acids is 1. The number of carbonyl (C=O) groups is 1. The van der Waals surface area contributed by atoms with Crippen LogP contribution >= 0.6 is 0 Å². The zero-order valence-corrected chi connectivity index (χ0v) is 15.6. The highest BCUT2D eigenvalue weighted by atomic mass is 19.4. The number of amides is 1. The third-order valence-corrected chi connectivity index (χ3v) is 4.50. The Kier molecular flexibility index (Phi) is 4.72. The number of hydrogen-bond donors (Lipinski definition) is 1. The summed E-state index contributed by atoms with van der Waals surface area (Å²) >= 11 is 0. The Morgan fingerprint density at radius 2 is 1.97 bits per heavy atom. The molecule has 1 aromatic carbocycles. The van der Waals surface area contributed by atoms with Crippen LogP contribution in [0.4, 0.5) is 19.0 Å². The molecule has 0 aliphatic heterocycles. The van der Waals surface area contributed by atoms with Gasteiger partial charge >= 0.3 is 6.18 Å². The van der Waals surface area contributed by atoms with Gasteiger partial charge in [0.1, 0.15) is 5.69 Å². The summed E-state index contributed by atoms with van der Waals surface area (Å²) in [4.78, 5) is 29.2. The molecule has 30 heavy (non-hydrogen) atoms. The third-order valence-electron chi connectivity index (χ3n) is 4.50. The van der Waals surface area contributed by atoms with Gasteiger partial charge in [-0.25, -0.2) is 9.50 Å². The van der Waals surface area contributed by atoms with Crippen LogP contribution in [0.3, 0.4) is 0 Å². The number of hydrogen-bond acceptors (Lipinski definition) is 5. The van der Waals surface area contributed by atoms with Crippen molar-refractivity contribution in [2.75, 3.05) is 5.32 Å². The second kappa shape index (κ2) is 7.25. The van der Waals surface area contributed by atoms with Crippen LogP contribution in [-0.4, -0.2) is 30.3 Å². The lowest BCUT2D eigenvalue weighted by Gasteiger charge is -2.13. The van der Waals surface area contributed by atoms with E-state index in [4.69, 9.17) is 0 Å². The first kappa shape index (κ1) is 19.6. The second-order valence-corrected chi connectivity index (χ2v) is 6.49. The summed E-state index contributed by atoms with van der Waals surface area (Å²) in [6.07, 6.45) is -1.71. The zero-order valence-electron chi connectivity index (χ0n) is 15.6. The van der Waals surface area contributed by atoms with E-state index in [0.717, 1.165) is 18.2 Å². The zero-order chi connectivity index (χ0) is 21.5. The van der Waals surface area contributed by atoms with Gasteiger partial charge in [0.2, 0.25) is 11.3 Å². The number of aryl methyl sites for hydroxylation is 1. The number of aromatic nitrogens is 5. The van der Waals surface area contributed by atoms with E-state index < -0.39 is 23.1 Å². The van der Waals surface area contributed by atoms with Gasteiger partial charge in [0.25, 0.3) is 0 Å². The minimum atomic E-state index is -4.54. The molecule has 0 spiro atoms. The van der Waals surface area contributed by atoms with Crippen LogP contribution in [0.25, 0.3) is 16.6 Å². The van der Waals surface area contributed by atoms with Crippen molar-refractivity contribution in [1.29, 1.82) is 0 Å². The van der Waals surface area contributed by atoms with Crippen molar-refractivity contribution in [2.45, 2.75) is 26.1 Å². The van der Waals surface area contributed by atoms with Gasteiger partial charge in [-0.1, -0.05) is 0 Å². The summed E-state index contributed by atoms with van der Waals surface area (Å²) < 4.78 is 41.8. The van der Waals surface area contributed by atoms with E-state index in [2.05, 4.69) is 20.5 Å². The predicted molar refractivity (Wildman–Crippen MR) is 102 cm³/mol. The number of imidazole rings is 1. The fraction of sp³-hybridized carbons (Fsp3) is 0.211. The molecular formula is C19H15F3N6O2. The van der Waals surface area contributed by atoms with Crippen molar-refractivity contribution >= 4 is 28.3 Å². The molecular weight excluding hydrogens is 401 g/mol. The molecule has 0 fully saturated rings. The lowest BCUT2D eigenvalue weighted by atomic mass is 10.1. The number of nitrogens with one attached hydrogen (secondary N) is 1. The van der Waals surface area contributed by atoms with Crippen molar-refractivity contribution in [1.82, 2.24) is 24.4 Å². The number of nitrogens with zero attached hydrogens (tertiary/aromatic N) is 5. The molecule has 0 unspecified atom stereocenters. The highest BCUT2D eigenvalue weighted by Gasteiger charge is 2.31. The molecule has 4 rings (SSSR count). The van der Waals surface area contributed by atoms with Crippen LogP contribution in [0, 0.1) is 0 Å². The monoisotopic (exact) mass is 416 g/mol. The Morgan fingerprint density at radius 1 is 1.17 bits per heavy atom. The van der Waals surface area contributed by atoms with Crippen LogP contribution in [-0.2, 0) is 23.9 Å². The Hall–Kier alpha value is -3.76. The Balaban J connectivity index is 1.65. The minimum Gasteiger partial charge on any atom is -0.309 e. The van der Waals surface area contributed by atoms with Gasteiger partial charge in [-0.05, 0) is 37.3 Å². The van der Waals surface area contributed by atoms with Gasteiger partial charge in [-0.2, -0.15) is 18.3 Å². The predicted octanol–water partition coefficient (Wildman–Crippen LogP) is 2.66. The molecule has 4 aromatic rings. The first-order valence-electron chi connectivity index (χ1n) is 8.97. The maximum absolute atomic E-state index is 13.0. The Labute approximate surface area is 167 Å². The van der Waals surface area contributed by atoms with E-state index >= 15 is 0 Å². The number of halogens is 3. The van der Waals surface area contributed by atoms with Crippen molar-refractivity contribution in [2.24, 2.45) is 0 Å². The average molecular weight is 416 g/mol. The largest absolute Gasteiger partial charge is 0.416 e. The molecule has 0 saturated heterocycles. The maximum Gasteiger partial charge on any atom is 0.416 e. The first-order valence-corrected chi connectivity index (χ1v) is 8.97. The number of rotatable bonds is 4. The topological polar surface area (TPSA) is 94.2 Å². The van der Waals surface area contributed by atoms with Crippen molar-refractivity contribution < 1.29 is 18.0 Å². The minimum absolute atomic E-state index is 0.0636. The van der Waals surface area contributed by atoms with Gasteiger partial charge in [-0.15, -0.1) is 5.10 Å². The molecule has 0 atom stereocenters. The summed E-state index contributed by atoms with van der Waals surface area (Å²) in [5, 5.41) is 10.9. The molecule has 0 bridgehead atoms. The number of anilines is 1. The van der Waals surface area contributed by atoms with Gasteiger partial charge < -0.3 is 5.32 Å². The summed E-state index contributed by atoms with van der Waals surface area (Å²) in [6.45, 7) is 1.91. The normalized spacial score (nSPS) is 11.9. The Bertz CT molecular complexity index is 1330. The van der Waals surface area contributed by atoms with Crippen LogP contribution in [0.1, 0.15) is 18.2 Å². The fourth-order valence-electron chi connectivity index (χ4n) is 3.09. The van der Waals surface area contributed by atoms with Crippen LogP contribution in [0.15, 0.2) is 47.5 Å². The smallest absolute Gasteiger partial charge is 0.309 e. The van der Waals surface area contributed by atoms with Gasteiger partial charge in [-0.3, -0.25) is 14.3 Å². The van der Waals surface area contributed by atoms with E-state index in [1.807, 2.05) is 0 Å². The molecule has 11 heteroatoms. The van der Waals surface area contributed by atoms with E-state index in [1.165, 1.54) is 9.20 Å². The average Bonchev–Trinajstić information content (AvgIpc) is 3.17. The summed E-state index contributed by atoms with van der Waals surface area (Å²) in [7, 11) is 0. The summed E-state index contributed by atoms with van der Waals surface area (Å²) in [5.74, 6) is -0.266. The number of alkyl halides is 3. The van der Waals surface area contributed by atoms with Gasteiger partial charge in [0.05, 0.1) is 17.5 Å². The standard InChI is InChI=1S/C19H15F3N6O2/c1-2-27-14-9-11(19(20,21)22)3-4-12(14)18(30)13(25-27)10-17(29)24-15-5-6-16-23-7-8-28(16)26-15/h3-9H,2,10H2,1H3,(H,24,26,29). The fourth-order valence-corrected chi connectivity index (χ4v) is 3.09. The summed E-state index contributed by atoms with van der Waals surface area (Å²) in [6, 6.07) is 6.08. The Morgan fingerprint density at radius 3 is 2.70 bits per heavy atom. The number of benzene rings is 1. The molecule has 3 heterocycles. The quantitative estimate of drug-likeness (QED) is 0.552. The molecule has 0 saturated carbocycles. The molecule has 8 nitrogen and oxygen atoms in total.